The summed E-state index contributed by atoms with van der Waals surface area (Å²) in [5, 5.41) is 5.89. The zero-order valence-corrected chi connectivity index (χ0v) is 18.0. The first-order valence-corrected chi connectivity index (χ1v) is 9.83. The molecule has 0 aromatic heterocycles. The summed E-state index contributed by atoms with van der Waals surface area (Å²) in [7, 11) is 1.49. The van der Waals surface area contributed by atoms with Crippen molar-refractivity contribution in [3.05, 3.63) is 52.5 Å². The van der Waals surface area contributed by atoms with E-state index in [1.54, 1.807) is 24.3 Å². The van der Waals surface area contributed by atoms with Gasteiger partial charge in [-0.05, 0) is 55.7 Å². The molecule has 2 N–H and O–H groups in total. The minimum atomic E-state index is -0.542. The fourth-order valence-corrected chi connectivity index (χ4v) is 2.85. The van der Waals surface area contributed by atoms with Crippen molar-refractivity contribution >= 4 is 40.8 Å². The summed E-state index contributed by atoms with van der Waals surface area (Å²) >= 11 is 5.93. The van der Waals surface area contributed by atoms with E-state index in [4.69, 9.17) is 21.1 Å². The van der Waals surface area contributed by atoms with Gasteiger partial charge in [-0.15, -0.1) is 0 Å². The van der Waals surface area contributed by atoms with Crippen LogP contribution in [-0.2, 0) is 19.1 Å². The lowest BCUT2D eigenvalue weighted by atomic mass is 10.1. The smallest absolute Gasteiger partial charge is 0.306 e. The summed E-state index contributed by atoms with van der Waals surface area (Å²) < 4.78 is 10.1. The molecule has 2 amide bonds. The van der Waals surface area contributed by atoms with Crippen molar-refractivity contribution in [1.29, 1.82) is 0 Å². The molecule has 0 atom stereocenters. The molecular weight excluding hydrogens is 408 g/mol. The molecule has 0 unspecified atom stereocenters. The Balaban J connectivity index is 1.71. The van der Waals surface area contributed by atoms with Crippen LogP contribution in [0.3, 0.4) is 0 Å². The van der Waals surface area contributed by atoms with E-state index >= 15 is 0 Å². The van der Waals surface area contributed by atoms with E-state index in [-0.39, 0.29) is 31.8 Å². The second-order valence-electron chi connectivity index (χ2n) is 6.70. The number of halogens is 1. The number of benzene rings is 2. The highest BCUT2D eigenvalue weighted by Gasteiger charge is 2.12. The number of hydrogen-bond acceptors (Lipinski definition) is 5. The van der Waals surface area contributed by atoms with E-state index in [9.17, 15) is 14.4 Å². The van der Waals surface area contributed by atoms with Crippen molar-refractivity contribution in [2.24, 2.45) is 0 Å². The molecule has 0 saturated carbocycles. The highest BCUT2D eigenvalue weighted by molar-refractivity contribution is 6.31. The second-order valence-corrected chi connectivity index (χ2v) is 7.14. The van der Waals surface area contributed by atoms with Gasteiger partial charge in [0.15, 0.2) is 6.61 Å². The van der Waals surface area contributed by atoms with Crippen LogP contribution in [0.4, 0.5) is 11.4 Å². The number of ether oxygens (including phenoxy) is 2. The average Bonchev–Trinajstić information content (AvgIpc) is 2.70. The molecule has 2 rings (SSSR count). The van der Waals surface area contributed by atoms with Crippen LogP contribution in [0.2, 0.25) is 5.02 Å². The Kier molecular flexibility index (Phi) is 8.68. The van der Waals surface area contributed by atoms with Gasteiger partial charge in [0.1, 0.15) is 5.75 Å². The topological polar surface area (TPSA) is 93.7 Å². The molecule has 7 nitrogen and oxygen atoms in total. The van der Waals surface area contributed by atoms with Crippen molar-refractivity contribution in [2.75, 3.05) is 24.4 Å². The van der Waals surface area contributed by atoms with E-state index in [1.807, 2.05) is 26.0 Å². The molecule has 2 aromatic carbocycles. The van der Waals surface area contributed by atoms with Crippen LogP contribution in [0.1, 0.15) is 30.4 Å². The van der Waals surface area contributed by atoms with Crippen molar-refractivity contribution in [1.82, 2.24) is 0 Å². The van der Waals surface area contributed by atoms with Gasteiger partial charge in [0.05, 0.1) is 12.8 Å². The Morgan fingerprint density at radius 1 is 0.967 bits per heavy atom. The van der Waals surface area contributed by atoms with Crippen LogP contribution >= 0.6 is 11.6 Å². The predicted octanol–water partition coefficient (Wildman–Crippen LogP) is 4.26. The summed E-state index contributed by atoms with van der Waals surface area (Å²) in [6, 6.07) is 10.5. The van der Waals surface area contributed by atoms with E-state index in [0.717, 1.165) is 11.1 Å². The Morgan fingerprint density at radius 2 is 1.70 bits per heavy atom. The van der Waals surface area contributed by atoms with Crippen molar-refractivity contribution in [2.45, 2.75) is 33.1 Å². The molecule has 0 spiro atoms. The van der Waals surface area contributed by atoms with E-state index in [1.165, 1.54) is 7.11 Å². The average molecular weight is 433 g/mol. The third kappa shape index (κ3) is 7.08. The number of anilines is 2. The summed E-state index contributed by atoms with van der Waals surface area (Å²) in [5.41, 5.74) is 3.16. The lowest BCUT2D eigenvalue weighted by Crippen LogP contribution is -2.21. The fourth-order valence-electron chi connectivity index (χ4n) is 2.67. The normalized spacial score (nSPS) is 10.3. The molecule has 0 aliphatic heterocycles. The Bertz CT molecular complexity index is 930. The minimum Gasteiger partial charge on any atom is -0.495 e. The first-order chi connectivity index (χ1) is 14.3. The van der Waals surface area contributed by atoms with Crippen LogP contribution in [-0.4, -0.2) is 31.5 Å². The second kappa shape index (κ2) is 11.2. The summed E-state index contributed by atoms with van der Waals surface area (Å²) in [5.74, 6) is -0.750. The standard InChI is InChI=1S/C22H25ClN2O5/c1-14-6-4-7-17(15(14)2)24-21(27)13-30-22(28)9-5-8-20(26)25-18-12-16(23)10-11-19(18)29-3/h4,6-7,10-12H,5,8-9,13H2,1-3H3,(H,24,27)(H,25,26). The molecule has 0 saturated heterocycles. The van der Waals surface area contributed by atoms with Gasteiger partial charge in [0, 0.05) is 23.6 Å². The Labute approximate surface area is 180 Å². The summed E-state index contributed by atoms with van der Waals surface area (Å²) in [4.78, 5) is 35.9. The number of nitrogens with one attached hydrogen (secondary N) is 2. The van der Waals surface area contributed by atoms with Gasteiger partial charge >= 0.3 is 5.97 Å². The van der Waals surface area contributed by atoms with Gasteiger partial charge in [-0.3, -0.25) is 14.4 Å². The number of amides is 2. The number of esters is 1. The van der Waals surface area contributed by atoms with Crippen LogP contribution in [0.5, 0.6) is 5.75 Å². The van der Waals surface area contributed by atoms with Gasteiger partial charge in [0.2, 0.25) is 5.91 Å². The first-order valence-electron chi connectivity index (χ1n) is 9.45. The molecule has 0 aliphatic carbocycles. The SMILES string of the molecule is COc1ccc(Cl)cc1NC(=O)CCCC(=O)OCC(=O)Nc1cccc(C)c1C. The molecule has 0 fully saturated rings. The highest BCUT2D eigenvalue weighted by atomic mass is 35.5. The third-order valence-electron chi connectivity index (χ3n) is 4.46. The molecule has 0 radical (unpaired) electrons. The fraction of sp³-hybridized carbons (Fsp3) is 0.318. The van der Waals surface area contributed by atoms with Gasteiger partial charge < -0.3 is 20.1 Å². The predicted molar refractivity (Wildman–Crippen MR) is 116 cm³/mol. The largest absolute Gasteiger partial charge is 0.495 e. The number of aryl methyl sites for hydroxylation is 1. The molecule has 8 heteroatoms. The zero-order chi connectivity index (χ0) is 22.1. The molecule has 0 aliphatic rings. The van der Waals surface area contributed by atoms with Crippen LogP contribution in [0.15, 0.2) is 36.4 Å². The Hall–Kier alpha value is -3.06. The minimum absolute atomic E-state index is 0.0247. The molecule has 0 heterocycles. The molecule has 30 heavy (non-hydrogen) atoms. The zero-order valence-electron chi connectivity index (χ0n) is 17.2. The van der Waals surface area contributed by atoms with Gasteiger partial charge in [-0.1, -0.05) is 23.7 Å². The molecular formula is C22H25ClN2O5. The maximum Gasteiger partial charge on any atom is 0.306 e. The number of rotatable bonds is 9. The number of carbonyl (C=O) groups is 3. The van der Waals surface area contributed by atoms with Crippen molar-refractivity contribution in [3.63, 3.8) is 0 Å². The van der Waals surface area contributed by atoms with Crippen LogP contribution in [0.25, 0.3) is 0 Å². The number of hydrogen-bond donors (Lipinski definition) is 2. The van der Waals surface area contributed by atoms with Crippen molar-refractivity contribution < 1.29 is 23.9 Å². The number of carbonyl (C=O) groups excluding carboxylic acids is 3. The lowest BCUT2D eigenvalue weighted by molar-refractivity contribution is -0.147. The van der Waals surface area contributed by atoms with E-state index in [0.29, 0.717) is 22.1 Å². The lowest BCUT2D eigenvalue weighted by Gasteiger charge is -2.11. The summed E-state index contributed by atoms with van der Waals surface area (Å²) in [6.07, 6.45) is 0.419. The Morgan fingerprint density at radius 3 is 2.43 bits per heavy atom. The maximum atomic E-state index is 12.1. The molecule has 2 aromatic rings. The highest BCUT2D eigenvalue weighted by Crippen LogP contribution is 2.27. The van der Waals surface area contributed by atoms with E-state index in [2.05, 4.69) is 10.6 Å². The van der Waals surface area contributed by atoms with Crippen molar-refractivity contribution in [3.8, 4) is 5.75 Å². The maximum absolute atomic E-state index is 12.1. The van der Waals surface area contributed by atoms with Gasteiger partial charge in [-0.25, -0.2) is 0 Å². The molecule has 160 valence electrons. The van der Waals surface area contributed by atoms with Crippen LogP contribution in [0, 0.1) is 13.8 Å². The quantitative estimate of drug-likeness (QED) is 0.577. The summed E-state index contributed by atoms with van der Waals surface area (Å²) in [6.45, 7) is 3.47. The first kappa shape index (κ1) is 23.2. The number of methoxy groups -OCH3 is 1. The monoisotopic (exact) mass is 432 g/mol. The van der Waals surface area contributed by atoms with Crippen LogP contribution < -0.4 is 15.4 Å². The third-order valence-corrected chi connectivity index (χ3v) is 4.70. The van der Waals surface area contributed by atoms with Gasteiger partial charge in [-0.2, -0.15) is 0 Å². The molecule has 0 bridgehead atoms. The van der Waals surface area contributed by atoms with E-state index < -0.39 is 11.9 Å². The van der Waals surface area contributed by atoms with Gasteiger partial charge in [0.25, 0.3) is 5.91 Å².